The second-order valence-corrected chi connectivity index (χ2v) is 5.42. The van der Waals surface area contributed by atoms with Gasteiger partial charge >= 0.3 is 0 Å². The first-order chi connectivity index (χ1) is 11.5. The van der Waals surface area contributed by atoms with Crippen LogP contribution in [0.4, 0.5) is 8.78 Å². The highest BCUT2D eigenvalue weighted by atomic mass is 19.1. The SMILES string of the molecule is COc1ccc(OC)c(C(O)CNC(C)c2ccc(F)cc2F)c1. The summed E-state index contributed by atoms with van der Waals surface area (Å²) in [4.78, 5) is 0. The Balaban J connectivity index is 2.08. The number of ether oxygens (including phenoxy) is 2. The monoisotopic (exact) mass is 337 g/mol. The Morgan fingerprint density at radius 1 is 1.04 bits per heavy atom. The van der Waals surface area contributed by atoms with E-state index >= 15 is 0 Å². The Morgan fingerprint density at radius 2 is 1.79 bits per heavy atom. The van der Waals surface area contributed by atoms with E-state index in [1.807, 2.05) is 0 Å². The molecule has 0 bridgehead atoms. The van der Waals surface area contributed by atoms with Crippen molar-refractivity contribution in [3.05, 3.63) is 59.2 Å². The van der Waals surface area contributed by atoms with Crippen LogP contribution < -0.4 is 14.8 Å². The summed E-state index contributed by atoms with van der Waals surface area (Å²) >= 11 is 0. The predicted molar refractivity (Wildman–Crippen MR) is 87.3 cm³/mol. The first-order valence-corrected chi connectivity index (χ1v) is 7.54. The molecule has 2 aromatic rings. The number of rotatable bonds is 7. The zero-order valence-corrected chi connectivity index (χ0v) is 13.8. The minimum Gasteiger partial charge on any atom is -0.497 e. The third kappa shape index (κ3) is 4.21. The Morgan fingerprint density at radius 3 is 2.42 bits per heavy atom. The fourth-order valence-electron chi connectivity index (χ4n) is 2.46. The van der Waals surface area contributed by atoms with E-state index in [9.17, 15) is 13.9 Å². The number of hydrogen-bond donors (Lipinski definition) is 2. The summed E-state index contributed by atoms with van der Waals surface area (Å²) in [5, 5.41) is 13.4. The molecule has 24 heavy (non-hydrogen) atoms. The number of halogens is 2. The van der Waals surface area contributed by atoms with E-state index in [2.05, 4.69) is 5.32 Å². The molecule has 0 fully saturated rings. The molecule has 4 nitrogen and oxygen atoms in total. The van der Waals surface area contributed by atoms with E-state index in [0.717, 1.165) is 6.07 Å². The van der Waals surface area contributed by atoms with Crippen molar-refractivity contribution in [1.29, 1.82) is 0 Å². The number of methoxy groups -OCH3 is 2. The molecule has 0 aromatic heterocycles. The molecular weight excluding hydrogens is 316 g/mol. The van der Waals surface area contributed by atoms with Gasteiger partial charge in [0, 0.05) is 29.8 Å². The van der Waals surface area contributed by atoms with Gasteiger partial charge in [-0.15, -0.1) is 0 Å². The first kappa shape index (κ1) is 18.2. The minimum absolute atomic E-state index is 0.168. The highest BCUT2D eigenvalue weighted by molar-refractivity contribution is 5.41. The van der Waals surface area contributed by atoms with Crippen LogP contribution in [-0.2, 0) is 0 Å². The van der Waals surface area contributed by atoms with E-state index in [4.69, 9.17) is 9.47 Å². The molecule has 0 aliphatic heterocycles. The van der Waals surface area contributed by atoms with Crippen molar-refractivity contribution in [2.24, 2.45) is 0 Å². The minimum atomic E-state index is -0.874. The molecule has 6 heteroatoms. The van der Waals surface area contributed by atoms with E-state index in [-0.39, 0.29) is 6.54 Å². The molecule has 130 valence electrons. The summed E-state index contributed by atoms with van der Waals surface area (Å²) in [6.45, 7) is 1.91. The van der Waals surface area contributed by atoms with Crippen LogP contribution in [0, 0.1) is 11.6 Å². The molecule has 2 atom stereocenters. The van der Waals surface area contributed by atoms with Gasteiger partial charge in [0.2, 0.25) is 0 Å². The molecule has 2 rings (SSSR count). The van der Waals surface area contributed by atoms with Gasteiger partial charge in [0.1, 0.15) is 23.1 Å². The van der Waals surface area contributed by atoms with Gasteiger partial charge in [-0.2, -0.15) is 0 Å². The average Bonchev–Trinajstić information content (AvgIpc) is 2.58. The molecular formula is C18H21F2NO3. The summed E-state index contributed by atoms with van der Waals surface area (Å²) in [5.74, 6) is -0.110. The third-order valence-corrected chi connectivity index (χ3v) is 3.84. The lowest BCUT2D eigenvalue weighted by Crippen LogP contribution is -2.25. The highest BCUT2D eigenvalue weighted by Crippen LogP contribution is 2.29. The Labute approximate surface area is 140 Å². The van der Waals surface area contributed by atoms with Crippen molar-refractivity contribution in [3.63, 3.8) is 0 Å². The summed E-state index contributed by atoms with van der Waals surface area (Å²) in [6, 6.07) is 8.18. The maximum Gasteiger partial charge on any atom is 0.130 e. The second-order valence-electron chi connectivity index (χ2n) is 5.42. The lowest BCUT2D eigenvalue weighted by molar-refractivity contribution is 0.166. The average molecular weight is 337 g/mol. The Bertz CT molecular complexity index is 694. The number of nitrogens with one attached hydrogen (secondary N) is 1. The van der Waals surface area contributed by atoms with Crippen LogP contribution in [0.2, 0.25) is 0 Å². The smallest absolute Gasteiger partial charge is 0.130 e. The van der Waals surface area contributed by atoms with Crippen LogP contribution in [0.25, 0.3) is 0 Å². The maximum absolute atomic E-state index is 13.8. The summed E-state index contributed by atoms with van der Waals surface area (Å²) in [7, 11) is 3.05. The van der Waals surface area contributed by atoms with Gasteiger partial charge in [-0.05, 0) is 31.2 Å². The molecule has 0 aliphatic rings. The van der Waals surface area contributed by atoms with Crippen LogP contribution >= 0.6 is 0 Å². The molecule has 2 unspecified atom stereocenters. The molecule has 2 aromatic carbocycles. The van der Waals surface area contributed by atoms with Crippen LogP contribution in [0.1, 0.15) is 30.2 Å². The lowest BCUT2D eigenvalue weighted by Gasteiger charge is -2.20. The van der Waals surface area contributed by atoms with Crippen molar-refractivity contribution < 1.29 is 23.4 Å². The van der Waals surface area contributed by atoms with E-state index in [0.29, 0.717) is 22.6 Å². The van der Waals surface area contributed by atoms with Crippen LogP contribution in [-0.4, -0.2) is 25.9 Å². The Hall–Kier alpha value is -2.18. The summed E-state index contributed by atoms with van der Waals surface area (Å²) < 4.78 is 37.2. The predicted octanol–water partition coefficient (Wildman–Crippen LogP) is 3.37. The highest BCUT2D eigenvalue weighted by Gasteiger charge is 2.17. The van der Waals surface area contributed by atoms with E-state index < -0.39 is 23.8 Å². The number of benzene rings is 2. The van der Waals surface area contributed by atoms with Crippen LogP contribution in [0.3, 0.4) is 0 Å². The van der Waals surface area contributed by atoms with E-state index in [1.54, 1.807) is 25.1 Å². The van der Waals surface area contributed by atoms with Crippen molar-refractivity contribution in [2.45, 2.75) is 19.1 Å². The largest absolute Gasteiger partial charge is 0.497 e. The normalized spacial score (nSPS) is 13.4. The van der Waals surface area contributed by atoms with Gasteiger partial charge < -0.3 is 19.9 Å². The zero-order chi connectivity index (χ0) is 17.7. The molecule has 0 saturated heterocycles. The van der Waals surface area contributed by atoms with Gasteiger partial charge in [-0.25, -0.2) is 8.78 Å². The summed E-state index contributed by atoms with van der Waals surface area (Å²) in [6.07, 6.45) is -0.874. The van der Waals surface area contributed by atoms with E-state index in [1.165, 1.54) is 26.4 Å². The molecule has 0 radical (unpaired) electrons. The molecule has 0 heterocycles. The van der Waals surface area contributed by atoms with Crippen LogP contribution in [0.15, 0.2) is 36.4 Å². The van der Waals surface area contributed by atoms with Gasteiger partial charge in [-0.3, -0.25) is 0 Å². The van der Waals surface area contributed by atoms with Crippen molar-refractivity contribution >= 4 is 0 Å². The van der Waals surface area contributed by atoms with Crippen molar-refractivity contribution in [2.75, 3.05) is 20.8 Å². The molecule has 0 saturated carbocycles. The molecule has 0 amide bonds. The lowest BCUT2D eigenvalue weighted by atomic mass is 10.1. The number of aliphatic hydroxyl groups is 1. The van der Waals surface area contributed by atoms with Gasteiger partial charge in [-0.1, -0.05) is 6.07 Å². The Kier molecular flexibility index (Phi) is 6.11. The second kappa shape index (κ2) is 8.08. The standard InChI is InChI=1S/C18H21F2NO3/c1-11(14-6-4-12(19)8-16(14)20)21-10-17(22)15-9-13(23-2)5-7-18(15)24-3/h4-9,11,17,21-22H,10H2,1-3H3. The van der Waals surface area contributed by atoms with Crippen molar-refractivity contribution in [1.82, 2.24) is 5.32 Å². The fraction of sp³-hybridized carbons (Fsp3) is 0.333. The maximum atomic E-state index is 13.8. The zero-order valence-electron chi connectivity index (χ0n) is 13.8. The first-order valence-electron chi connectivity index (χ1n) is 7.54. The quantitative estimate of drug-likeness (QED) is 0.813. The number of hydrogen-bond acceptors (Lipinski definition) is 4. The molecule has 0 aliphatic carbocycles. The third-order valence-electron chi connectivity index (χ3n) is 3.84. The topological polar surface area (TPSA) is 50.7 Å². The van der Waals surface area contributed by atoms with Gasteiger partial charge in [0.05, 0.1) is 20.3 Å². The van der Waals surface area contributed by atoms with Gasteiger partial charge in [0.25, 0.3) is 0 Å². The number of aliphatic hydroxyl groups excluding tert-OH is 1. The van der Waals surface area contributed by atoms with Crippen molar-refractivity contribution in [3.8, 4) is 11.5 Å². The van der Waals surface area contributed by atoms with Crippen LogP contribution in [0.5, 0.6) is 11.5 Å². The molecule has 0 spiro atoms. The summed E-state index contributed by atoms with van der Waals surface area (Å²) in [5.41, 5.74) is 0.900. The van der Waals surface area contributed by atoms with Gasteiger partial charge in [0.15, 0.2) is 0 Å². The molecule has 2 N–H and O–H groups in total. The fourth-order valence-corrected chi connectivity index (χ4v) is 2.46.